The molecule has 7 heteroatoms. The van der Waals surface area contributed by atoms with Crippen molar-refractivity contribution in [3.05, 3.63) is 51.2 Å². The maximum atomic E-state index is 12.6. The number of nitrogens with zero attached hydrogens (tertiary/aromatic N) is 1. The van der Waals surface area contributed by atoms with Crippen molar-refractivity contribution >= 4 is 40.4 Å². The molecule has 0 unspecified atom stereocenters. The molecule has 2 amide bonds. The van der Waals surface area contributed by atoms with Crippen molar-refractivity contribution in [3.63, 3.8) is 0 Å². The number of hydrogen-bond acceptors (Lipinski definition) is 4. The number of halogens is 1. The molecule has 0 atom stereocenters. The fourth-order valence-corrected chi connectivity index (χ4v) is 3.41. The molecular weight excluding hydrogens is 346 g/mol. The van der Waals surface area contributed by atoms with Gasteiger partial charge >= 0.3 is 0 Å². The lowest BCUT2D eigenvalue weighted by molar-refractivity contribution is 0.0714. The standard InChI is InChI=1S/C17H18ClN3O2S/c18-13-4-3-11(17(23)21-7-5-12(19)6-8-21)10-14(13)20-16(22)15-2-1-9-24-15/h1-4,9-10,12H,5-8,19H2,(H,20,22). The van der Waals surface area contributed by atoms with Crippen LogP contribution in [0.1, 0.15) is 32.9 Å². The van der Waals surface area contributed by atoms with Crippen molar-refractivity contribution in [2.24, 2.45) is 5.73 Å². The van der Waals surface area contributed by atoms with Gasteiger partial charge in [0.25, 0.3) is 11.8 Å². The van der Waals surface area contributed by atoms with Crippen molar-refractivity contribution in [1.29, 1.82) is 0 Å². The first-order valence-electron chi connectivity index (χ1n) is 7.74. The Balaban J connectivity index is 1.76. The zero-order chi connectivity index (χ0) is 17.1. The smallest absolute Gasteiger partial charge is 0.265 e. The molecule has 1 fully saturated rings. The van der Waals surface area contributed by atoms with Gasteiger partial charge in [-0.3, -0.25) is 9.59 Å². The van der Waals surface area contributed by atoms with E-state index in [-0.39, 0.29) is 17.9 Å². The zero-order valence-electron chi connectivity index (χ0n) is 13.0. The highest BCUT2D eigenvalue weighted by atomic mass is 35.5. The molecule has 1 saturated heterocycles. The number of nitrogens with one attached hydrogen (secondary N) is 1. The van der Waals surface area contributed by atoms with Crippen LogP contribution in [0.15, 0.2) is 35.7 Å². The Bertz CT molecular complexity index is 740. The van der Waals surface area contributed by atoms with Crippen molar-refractivity contribution in [2.45, 2.75) is 18.9 Å². The maximum Gasteiger partial charge on any atom is 0.265 e. The van der Waals surface area contributed by atoms with Gasteiger partial charge < -0.3 is 16.0 Å². The quantitative estimate of drug-likeness (QED) is 0.879. The van der Waals surface area contributed by atoms with Crippen LogP contribution in [0, 0.1) is 0 Å². The first-order chi connectivity index (χ1) is 11.5. The summed E-state index contributed by atoms with van der Waals surface area (Å²) in [4.78, 5) is 27.2. The van der Waals surface area contributed by atoms with E-state index in [1.165, 1.54) is 11.3 Å². The van der Waals surface area contributed by atoms with Crippen LogP contribution < -0.4 is 11.1 Å². The molecule has 24 heavy (non-hydrogen) atoms. The van der Waals surface area contributed by atoms with E-state index < -0.39 is 0 Å². The molecular formula is C17H18ClN3O2S. The number of nitrogens with two attached hydrogens (primary N) is 1. The van der Waals surface area contributed by atoms with E-state index in [4.69, 9.17) is 17.3 Å². The van der Waals surface area contributed by atoms with Crippen molar-refractivity contribution in [2.75, 3.05) is 18.4 Å². The average molecular weight is 364 g/mol. The van der Waals surface area contributed by atoms with Gasteiger partial charge in [0.05, 0.1) is 15.6 Å². The molecule has 1 aromatic heterocycles. The minimum absolute atomic E-state index is 0.0646. The third kappa shape index (κ3) is 3.77. The van der Waals surface area contributed by atoms with E-state index >= 15 is 0 Å². The fraction of sp³-hybridized carbons (Fsp3) is 0.294. The summed E-state index contributed by atoms with van der Waals surface area (Å²) in [6, 6.07) is 8.65. The van der Waals surface area contributed by atoms with Gasteiger partial charge in [0.2, 0.25) is 0 Å². The molecule has 2 aromatic rings. The number of thiophene rings is 1. The van der Waals surface area contributed by atoms with Crippen LogP contribution in [0.25, 0.3) is 0 Å². The summed E-state index contributed by atoms with van der Waals surface area (Å²) >= 11 is 7.51. The number of benzene rings is 1. The predicted molar refractivity (Wildman–Crippen MR) is 96.8 cm³/mol. The van der Waals surface area contributed by atoms with Gasteiger partial charge in [0.15, 0.2) is 0 Å². The first-order valence-corrected chi connectivity index (χ1v) is 8.99. The van der Waals surface area contributed by atoms with E-state index in [9.17, 15) is 9.59 Å². The zero-order valence-corrected chi connectivity index (χ0v) is 14.6. The molecule has 0 saturated carbocycles. The summed E-state index contributed by atoms with van der Waals surface area (Å²) in [5.74, 6) is -0.300. The van der Waals surface area contributed by atoms with Crippen LogP contribution >= 0.6 is 22.9 Å². The van der Waals surface area contributed by atoms with Crippen molar-refractivity contribution < 1.29 is 9.59 Å². The molecule has 3 N–H and O–H groups in total. The van der Waals surface area contributed by atoms with Gasteiger partial charge in [-0.1, -0.05) is 17.7 Å². The number of rotatable bonds is 3. The number of likely N-dealkylation sites (tertiary alicyclic amines) is 1. The molecule has 0 spiro atoms. The molecule has 0 radical (unpaired) electrons. The van der Waals surface area contributed by atoms with E-state index in [0.717, 1.165) is 12.8 Å². The fourth-order valence-electron chi connectivity index (χ4n) is 2.63. The molecule has 1 aliphatic rings. The summed E-state index contributed by atoms with van der Waals surface area (Å²) in [6.07, 6.45) is 1.61. The summed E-state index contributed by atoms with van der Waals surface area (Å²) in [5.41, 5.74) is 6.83. The summed E-state index contributed by atoms with van der Waals surface area (Å²) in [7, 11) is 0. The van der Waals surface area contributed by atoms with E-state index in [0.29, 0.717) is 34.2 Å². The van der Waals surface area contributed by atoms with Crippen molar-refractivity contribution in [1.82, 2.24) is 4.90 Å². The predicted octanol–water partition coefficient (Wildman–Crippen LogP) is 3.22. The lowest BCUT2D eigenvalue weighted by Gasteiger charge is -2.30. The molecule has 1 aliphatic heterocycles. The summed E-state index contributed by atoms with van der Waals surface area (Å²) < 4.78 is 0. The minimum Gasteiger partial charge on any atom is -0.339 e. The lowest BCUT2D eigenvalue weighted by atomic mass is 10.0. The summed E-state index contributed by atoms with van der Waals surface area (Å²) in [6.45, 7) is 1.30. The van der Waals surface area contributed by atoms with Crippen LogP contribution in [0.3, 0.4) is 0 Å². The topological polar surface area (TPSA) is 75.4 Å². The van der Waals surface area contributed by atoms with E-state index in [1.807, 2.05) is 11.4 Å². The Morgan fingerprint density at radius 2 is 2.00 bits per heavy atom. The third-order valence-electron chi connectivity index (χ3n) is 4.03. The van der Waals surface area contributed by atoms with Gasteiger partial charge in [-0.05, 0) is 42.5 Å². The van der Waals surface area contributed by atoms with Gasteiger partial charge in [-0.25, -0.2) is 0 Å². The second-order valence-corrected chi connectivity index (χ2v) is 7.11. The van der Waals surface area contributed by atoms with Gasteiger partial charge in [0, 0.05) is 24.7 Å². The Kier molecular flexibility index (Phi) is 5.18. The van der Waals surface area contributed by atoms with Crippen LogP contribution in [0.2, 0.25) is 5.02 Å². The molecule has 126 valence electrons. The first kappa shape index (κ1) is 17.0. The molecule has 0 aliphatic carbocycles. The van der Waals surface area contributed by atoms with Gasteiger partial charge in [-0.2, -0.15) is 0 Å². The highest BCUT2D eigenvalue weighted by molar-refractivity contribution is 7.12. The second kappa shape index (κ2) is 7.34. The number of hydrogen-bond donors (Lipinski definition) is 2. The number of amides is 2. The second-order valence-electron chi connectivity index (χ2n) is 5.76. The van der Waals surface area contributed by atoms with E-state index in [1.54, 1.807) is 29.2 Å². The van der Waals surface area contributed by atoms with E-state index in [2.05, 4.69) is 5.32 Å². The number of anilines is 1. The number of carbonyl (C=O) groups excluding carboxylic acids is 2. The molecule has 3 rings (SSSR count). The minimum atomic E-state index is -0.236. The lowest BCUT2D eigenvalue weighted by Crippen LogP contribution is -2.42. The highest BCUT2D eigenvalue weighted by Crippen LogP contribution is 2.25. The van der Waals surface area contributed by atoms with Gasteiger partial charge in [-0.15, -0.1) is 11.3 Å². The highest BCUT2D eigenvalue weighted by Gasteiger charge is 2.22. The molecule has 0 bridgehead atoms. The van der Waals surface area contributed by atoms with Crippen LogP contribution in [-0.4, -0.2) is 35.8 Å². The third-order valence-corrected chi connectivity index (χ3v) is 5.23. The maximum absolute atomic E-state index is 12.6. The monoisotopic (exact) mass is 363 g/mol. The Morgan fingerprint density at radius 3 is 2.67 bits per heavy atom. The largest absolute Gasteiger partial charge is 0.339 e. The van der Waals surface area contributed by atoms with Crippen LogP contribution in [0.4, 0.5) is 5.69 Å². The normalized spacial score (nSPS) is 15.3. The SMILES string of the molecule is NC1CCN(C(=O)c2ccc(Cl)c(NC(=O)c3cccs3)c2)CC1. The van der Waals surface area contributed by atoms with Crippen molar-refractivity contribution in [3.8, 4) is 0 Å². The molecule has 5 nitrogen and oxygen atoms in total. The van der Waals surface area contributed by atoms with Crippen LogP contribution in [-0.2, 0) is 0 Å². The molecule has 2 heterocycles. The number of carbonyl (C=O) groups is 2. The van der Waals surface area contributed by atoms with Gasteiger partial charge in [0.1, 0.15) is 0 Å². The number of piperidine rings is 1. The Labute approximate surface area is 149 Å². The average Bonchev–Trinajstić information content (AvgIpc) is 3.11. The summed E-state index contributed by atoms with van der Waals surface area (Å²) in [5, 5.41) is 5.00. The van der Waals surface area contributed by atoms with Crippen LogP contribution in [0.5, 0.6) is 0 Å². The Morgan fingerprint density at radius 1 is 1.25 bits per heavy atom. The Hall–Kier alpha value is -1.89. The molecule has 1 aromatic carbocycles.